The molecule has 2 atom stereocenters. The van der Waals surface area contributed by atoms with E-state index in [0.717, 1.165) is 23.0 Å². The van der Waals surface area contributed by atoms with Gasteiger partial charge in [-0.05, 0) is 45.7 Å². The molecule has 1 saturated carbocycles. The van der Waals surface area contributed by atoms with Crippen LogP contribution in [-0.4, -0.2) is 43.9 Å². The Labute approximate surface area is 201 Å². The number of fused-ring (bicyclic) bond motifs is 1. The topological polar surface area (TPSA) is 69.0 Å². The Hall–Kier alpha value is -3.46. The molecule has 4 heterocycles. The molecule has 2 unspecified atom stereocenters. The van der Waals surface area contributed by atoms with Crippen molar-refractivity contribution in [3.8, 4) is 11.3 Å². The van der Waals surface area contributed by atoms with Crippen LogP contribution in [0.5, 0.6) is 0 Å². The van der Waals surface area contributed by atoms with E-state index in [4.69, 9.17) is 14.7 Å². The van der Waals surface area contributed by atoms with Crippen molar-refractivity contribution in [2.45, 2.75) is 51.9 Å². The van der Waals surface area contributed by atoms with E-state index in [1.54, 1.807) is 0 Å². The number of hydrogen-bond acceptors (Lipinski definition) is 6. The first-order valence-electron chi connectivity index (χ1n) is 11.9. The van der Waals surface area contributed by atoms with Gasteiger partial charge in [0.25, 0.3) is 0 Å². The zero-order chi connectivity index (χ0) is 24.3. The van der Waals surface area contributed by atoms with Crippen LogP contribution in [0.3, 0.4) is 0 Å². The smallest absolute Gasteiger partial charge is 0.135 e. The van der Waals surface area contributed by atoms with Gasteiger partial charge >= 0.3 is 0 Å². The SMILES string of the molecule is Cc1nc2cc(N3CC(C)OC(c4cnn(C5CC5)c4)C3)nc(-c3ccc(F)cc3F)c2nc1C. The first-order chi connectivity index (χ1) is 16.9. The Morgan fingerprint density at radius 1 is 1.00 bits per heavy atom. The van der Waals surface area contributed by atoms with Crippen molar-refractivity contribution >= 4 is 16.9 Å². The van der Waals surface area contributed by atoms with Crippen LogP contribution in [0.2, 0.25) is 0 Å². The zero-order valence-electron chi connectivity index (χ0n) is 19.9. The average Bonchev–Trinajstić information content (AvgIpc) is 3.55. The van der Waals surface area contributed by atoms with Gasteiger partial charge in [-0.3, -0.25) is 4.68 Å². The van der Waals surface area contributed by atoms with E-state index >= 15 is 0 Å². The Balaban J connectivity index is 1.43. The highest BCUT2D eigenvalue weighted by Crippen LogP contribution is 2.37. The Morgan fingerprint density at radius 3 is 2.57 bits per heavy atom. The highest BCUT2D eigenvalue weighted by atomic mass is 19.1. The molecule has 2 aliphatic rings. The minimum Gasteiger partial charge on any atom is -0.367 e. The summed E-state index contributed by atoms with van der Waals surface area (Å²) in [7, 11) is 0. The van der Waals surface area contributed by atoms with E-state index in [9.17, 15) is 8.78 Å². The van der Waals surface area contributed by atoms with Crippen LogP contribution in [0.15, 0.2) is 36.7 Å². The molecule has 0 bridgehead atoms. The van der Waals surface area contributed by atoms with Gasteiger partial charge in [-0.25, -0.2) is 23.7 Å². The van der Waals surface area contributed by atoms with E-state index in [1.165, 1.54) is 25.0 Å². The second-order valence-electron chi connectivity index (χ2n) is 9.54. The third kappa shape index (κ3) is 4.14. The van der Waals surface area contributed by atoms with Crippen molar-refractivity contribution in [2.24, 2.45) is 0 Å². The highest BCUT2D eigenvalue weighted by molar-refractivity contribution is 5.91. The average molecular weight is 477 g/mol. The highest BCUT2D eigenvalue weighted by Gasteiger charge is 2.31. The first kappa shape index (κ1) is 22.0. The third-order valence-corrected chi connectivity index (χ3v) is 6.74. The maximum atomic E-state index is 14.9. The summed E-state index contributed by atoms with van der Waals surface area (Å²) < 4.78 is 36.8. The second kappa shape index (κ2) is 8.34. The van der Waals surface area contributed by atoms with Gasteiger partial charge in [-0.15, -0.1) is 0 Å². The van der Waals surface area contributed by atoms with Crippen LogP contribution in [0.1, 0.15) is 48.9 Å². The number of ether oxygens (including phenoxy) is 1. The number of aromatic nitrogens is 5. The molecule has 9 heteroatoms. The third-order valence-electron chi connectivity index (χ3n) is 6.74. The number of hydrogen-bond donors (Lipinski definition) is 0. The number of pyridine rings is 1. The van der Waals surface area contributed by atoms with Crippen LogP contribution in [0.4, 0.5) is 14.6 Å². The molecule has 1 aromatic carbocycles. The summed E-state index contributed by atoms with van der Waals surface area (Å²) in [6.45, 7) is 6.97. The fourth-order valence-electron chi connectivity index (χ4n) is 4.63. The van der Waals surface area contributed by atoms with Gasteiger partial charge in [0.2, 0.25) is 0 Å². The van der Waals surface area contributed by atoms with Crippen LogP contribution >= 0.6 is 0 Å². The zero-order valence-corrected chi connectivity index (χ0v) is 19.9. The van der Waals surface area contributed by atoms with Gasteiger partial charge in [0, 0.05) is 36.0 Å². The minimum atomic E-state index is -0.684. The molecule has 1 aliphatic carbocycles. The van der Waals surface area contributed by atoms with E-state index in [-0.39, 0.29) is 17.8 Å². The maximum absolute atomic E-state index is 14.9. The van der Waals surface area contributed by atoms with Crippen LogP contribution in [0, 0.1) is 25.5 Å². The fraction of sp³-hybridized carbons (Fsp3) is 0.385. The molecule has 0 amide bonds. The lowest BCUT2D eigenvalue weighted by molar-refractivity contribution is -0.0176. The molecule has 35 heavy (non-hydrogen) atoms. The van der Waals surface area contributed by atoms with Gasteiger partial charge in [0.15, 0.2) is 0 Å². The Morgan fingerprint density at radius 2 is 1.80 bits per heavy atom. The number of nitrogens with zero attached hydrogens (tertiary/aromatic N) is 6. The minimum absolute atomic E-state index is 0.0487. The molecule has 1 aliphatic heterocycles. The number of morpholine rings is 1. The lowest BCUT2D eigenvalue weighted by atomic mass is 10.1. The number of rotatable bonds is 4. The maximum Gasteiger partial charge on any atom is 0.135 e. The number of benzene rings is 1. The van der Waals surface area contributed by atoms with Crippen molar-refractivity contribution in [3.63, 3.8) is 0 Å². The quantitative estimate of drug-likeness (QED) is 0.409. The van der Waals surface area contributed by atoms with Gasteiger partial charge < -0.3 is 9.64 Å². The van der Waals surface area contributed by atoms with Gasteiger partial charge in [0.1, 0.15) is 34.8 Å². The van der Waals surface area contributed by atoms with E-state index in [2.05, 4.69) is 21.2 Å². The van der Waals surface area contributed by atoms with Crippen molar-refractivity contribution in [1.82, 2.24) is 24.7 Å². The molecular formula is C26H26F2N6O. The molecule has 0 radical (unpaired) electrons. The number of halogens is 2. The summed E-state index contributed by atoms with van der Waals surface area (Å²) in [4.78, 5) is 16.4. The molecule has 7 nitrogen and oxygen atoms in total. The van der Waals surface area contributed by atoms with E-state index < -0.39 is 11.6 Å². The predicted octanol–water partition coefficient (Wildman–Crippen LogP) is 5.08. The van der Waals surface area contributed by atoms with Crippen molar-refractivity contribution in [1.29, 1.82) is 0 Å². The lowest BCUT2D eigenvalue weighted by Gasteiger charge is -2.37. The molecule has 3 aromatic heterocycles. The summed E-state index contributed by atoms with van der Waals surface area (Å²) in [5, 5.41) is 4.52. The Bertz CT molecular complexity index is 1430. The number of aryl methyl sites for hydroxylation is 2. The predicted molar refractivity (Wildman–Crippen MR) is 128 cm³/mol. The summed E-state index contributed by atoms with van der Waals surface area (Å²) in [6, 6.07) is 5.90. The lowest BCUT2D eigenvalue weighted by Crippen LogP contribution is -2.43. The van der Waals surface area contributed by atoms with Crippen LogP contribution < -0.4 is 4.90 Å². The summed E-state index contributed by atoms with van der Waals surface area (Å²) in [5.41, 5.74) is 4.22. The Kier molecular flexibility index (Phi) is 5.25. The molecule has 6 rings (SSSR count). The van der Waals surface area contributed by atoms with Crippen molar-refractivity contribution in [3.05, 3.63) is 65.2 Å². The summed E-state index contributed by atoms with van der Waals surface area (Å²) in [5.74, 6) is -0.665. The summed E-state index contributed by atoms with van der Waals surface area (Å²) >= 11 is 0. The molecule has 4 aromatic rings. The second-order valence-corrected chi connectivity index (χ2v) is 9.54. The molecule has 0 spiro atoms. The van der Waals surface area contributed by atoms with Gasteiger partial charge in [0.05, 0.1) is 41.8 Å². The fourth-order valence-corrected chi connectivity index (χ4v) is 4.63. The normalized spacial score (nSPS) is 20.5. The molecular weight excluding hydrogens is 450 g/mol. The van der Waals surface area contributed by atoms with Crippen molar-refractivity contribution in [2.75, 3.05) is 18.0 Å². The van der Waals surface area contributed by atoms with Gasteiger partial charge in [-0.2, -0.15) is 5.10 Å². The largest absolute Gasteiger partial charge is 0.367 e. The monoisotopic (exact) mass is 476 g/mol. The van der Waals surface area contributed by atoms with Crippen LogP contribution in [-0.2, 0) is 4.74 Å². The summed E-state index contributed by atoms with van der Waals surface area (Å²) in [6.07, 6.45) is 6.07. The van der Waals surface area contributed by atoms with Crippen molar-refractivity contribution < 1.29 is 13.5 Å². The van der Waals surface area contributed by atoms with E-state index in [1.807, 2.05) is 37.7 Å². The molecule has 1 saturated heterocycles. The molecule has 180 valence electrons. The first-order valence-corrected chi connectivity index (χ1v) is 11.9. The van der Waals surface area contributed by atoms with Crippen LogP contribution in [0.25, 0.3) is 22.3 Å². The van der Waals surface area contributed by atoms with Gasteiger partial charge in [-0.1, -0.05) is 0 Å². The van der Waals surface area contributed by atoms with E-state index in [0.29, 0.717) is 41.7 Å². The molecule has 2 fully saturated rings. The number of anilines is 1. The molecule has 0 N–H and O–H groups in total. The standard InChI is InChI=1S/C26H26F2N6O/c1-14-11-33(13-23(35-14)17-10-29-34(12-17)19-5-6-19)24-9-22-26(31-16(3)15(2)30-22)25(32-24)20-7-4-18(27)8-21(20)28/h4,7-10,12,14,19,23H,5-6,11,13H2,1-3H3.